The number of anilines is 1. The maximum absolute atomic E-state index is 12.7. The lowest BCUT2D eigenvalue weighted by atomic mass is 10.2. The third-order valence-electron chi connectivity index (χ3n) is 4.00. The topological polar surface area (TPSA) is 47.6 Å². The van der Waals surface area contributed by atoms with Crippen LogP contribution in [-0.4, -0.2) is 31.0 Å². The van der Waals surface area contributed by atoms with Gasteiger partial charge >= 0.3 is 0 Å². The van der Waals surface area contributed by atoms with Gasteiger partial charge in [0, 0.05) is 12.2 Å². The molecule has 0 radical (unpaired) electrons. The Bertz CT molecular complexity index is 783. The molecule has 3 rings (SSSR count). The molecule has 0 bridgehead atoms. The average Bonchev–Trinajstić information content (AvgIpc) is 3.16. The molecule has 1 atom stereocenters. The molecule has 0 aliphatic carbocycles. The predicted octanol–water partition coefficient (Wildman–Crippen LogP) is 5.46. The van der Waals surface area contributed by atoms with Gasteiger partial charge in [-0.1, -0.05) is 29.4 Å². The second kappa shape index (κ2) is 9.39. The van der Waals surface area contributed by atoms with Crippen molar-refractivity contribution in [2.75, 3.05) is 18.5 Å². The van der Waals surface area contributed by atoms with Crippen LogP contribution in [0.1, 0.15) is 23.2 Å². The molecule has 1 N–H and O–H groups in total. The summed E-state index contributed by atoms with van der Waals surface area (Å²) in [4.78, 5) is 12.6. The summed E-state index contributed by atoms with van der Waals surface area (Å²) in [5, 5.41) is 2.79. The van der Waals surface area contributed by atoms with Gasteiger partial charge in [-0.15, -0.1) is 0 Å². The van der Waals surface area contributed by atoms with Gasteiger partial charge in [0.15, 0.2) is 0 Å². The number of thioether (sulfide) groups is 1. The average molecular weight is 414 g/mol. The number of nitrogens with one attached hydrogen (secondary N) is 1. The number of amides is 1. The number of rotatable bonds is 7. The van der Waals surface area contributed by atoms with Crippen molar-refractivity contribution in [3.05, 3.63) is 53.1 Å². The van der Waals surface area contributed by atoms with E-state index in [0.29, 0.717) is 29.7 Å². The normalized spacial score (nSPS) is 16.5. The van der Waals surface area contributed by atoms with Crippen LogP contribution < -0.4 is 10.1 Å². The number of ether oxygens (including phenoxy) is 2. The van der Waals surface area contributed by atoms with Crippen LogP contribution >= 0.6 is 23.4 Å². The van der Waals surface area contributed by atoms with Crippen molar-refractivity contribution in [3.8, 4) is 5.75 Å². The highest BCUT2D eigenvalue weighted by Crippen LogP contribution is 2.37. The van der Waals surface area contributed by atoms with Gasteiger partial charge in [0.2, 0.25) is 0 Å². The third-order valence-corrected chi connectivity index (χ3v) is 5.28. The zero-order valence-electron chi connectivity index (χ0n) is 14.3. The highest BCUT2D eigenvalue weighted by atomic mass is 35.5. The molecule has 1 saturated heterocycles. The van der Waals surface area contributed by atoms with E-state index in [-0.39, 0.29) is 21.7 Å². The van der Waals surface area contributed by atoms with Gasteiger partial charge in [0.05, 0.1) is 21.7 Å². The molecule has 0 aromatic heterocycles. The van der Waals surface area contributed by atoms with E-state index in [1.54, 1.807) is 30.3 Å². The Morgan fingerprint density at radius 3 is 2.74 bits per heavy atom. The molecule has 1 unspecified atom stereocenters. The zero-order valence-corrected chi connectivity index (χ0v) is 15.9. The maximum atomic E-state index is 12.7. The quantitative estimate of drug-likeness (QED) is 0.612. The number of hydrogen-bond donors (Lipinski definition) is 1. The van der Waals surface area contributed by atoms with E-state index in [9.17, 15) is 13.6 Å². The number of hydrogen-bond acceptors (Lipinski definition) is 4. The molecule has 1 heterocycles. The molecule has 4 nitrogen and oxygen atoms in total. The van der Waals surface area contributed by atoms with Gasteiger partial charge in [-0.05, 0) is 49.2 Å². The lowest BCUT2D eigenvalue weighted by Crippen LogP contribution is -2.16. The lowest BCUT2D eigenvalue weighted by Gasteiger charge is -2.13. The summed E-state index contributed by atoms with van der Waals surface area (Å²) in [6.45, 7) is 1.24. The molecule has 1 aliphatic heterocycles. The largest absolute Gasteiger partial charge is 0.491 e. The van der Waals surface area contributed by atoms with Crippen molar-refractivity contribution in [2.45, 2.75) is 29.6 Å². The van der Waals surface area contributed by atoms with Gasteiger partial charge < -0.3 is 14.8 Å². The maximum Gasteiger partial charge on any atom is 0.289 e. The minimum absolute atomic E-state index is 0.113. The Balaban J connectivity index is 1.63. The molecule has 1 aliphatic rings. The highest BCUT2D eigenvalue weighted by Gasteiger charge is 2.17. The second-order valence-corrected chi connectivity index (χ2v) is 7.33. The first kappa shape index (κ1) is 19.9. The Hall–Kier alpha value is -1.83. The summed E-state index contributed by atoms with van der Waals surface area (Å²) < 4.78 is 36.6. The molecule has 2 aromatic carbocycles. The fourth-order valence-electron chi connectivity index (χ4n) is 2.68. The number of benzene rings is 2. The van der Waals surface area contributed by atoms with E-state index in [4.69, 9.17) is 21.1 Å². The standard InChI is InChI=1S/C19H18ClF2NO3S/c20-15-4-1-5-16(17(15)27-19(21)22)23-18(24)12-6-8-13(9-7-12)26-11-14-3-2-10-25-14/h1,4-9,14,19H,2-3,10-11H2,(H,23,24). The summed E-state index contributed by atoms with van der Waals surface area (Å²) in [5.41, 5.74) is 0.629. The molecule has 2 aromatic rings. The summed E-state index contributed by atoms with van der Waals surface area (Å²) >= 11 is 6.28. The Labute approximate surface area is 165 Å². The van der Waals surface area contributed by atoms with Crippen molar-refractivity contribution < 1.29 is 23.0 Å². The number of halogens is 3. The van der Waals surface area contributed by atoms with Gasteiger partial charge in [0.1, 0.15) is 12.4 Å². The molecule has 1 fully saturated rings. The molecular weight excluding hydrogens is 396 g/mol. The van der Waals surface area contributed by atoms with E-state index < -0.39 is 11.7 Å². The smallest absolute Gasteiger partial charge is 0.289 e. The van der Waals surface area contributed by atoms with E-state index >= 15 is 0 Å². The number of alkyl halides is 2. The molecule has 8 heteroatoms. The predicted molar refractivity (Wildman–Crippen MR) is 102 cm³/mol. The van der Waals surface area contributed by atoms with Crippen LogP contribution in [0.3, 0.4) is 0 Å². The molecule has 0 spiro atoms. The van der Waals surface area contributed by atoms with Crippen LogP contribution in [0.25, 0.3) is 0 Å². The SMILES string of the molecule is O=C(Nc1cccc(Cl)c1SC(F)F)c1ccc(OCC2CCCO2)cc1. The van der Waals surface area contributed by atoms with E-state index in [0.717, 1.165) is 19.4 Å². The molecule has 27 heavy (non-hydrogen) atoms. The van der Waals surface area contributed by atoms with Crippen molar-refractivity contribution >= 4 is 35.0 Å². The Kier molecular flexibility index (Phi) is 6.93. The van der Waals surface area contributed by atoms with Gasteiger partial charge in [0.25, 0.3) is 11.7 Å². The monoisotopic (exact) mass is 413 g/mol. The van der Waals surface area contributed by atoms with Crippen molar-refractivity contribution in [1.29, 1.82) is 0 Å². The lowest BCUT2D eigenvalue weighted by molar-refractivity contribution is 0.0679. The van der Waals surface area contributed by atoms with Gasteiger partial charge in [-0.3, -0.25) is 4.79 Å². The fraction of sp³-hybridized carbons (Fsp3) is 0.316. The van der Waals surface area contributed by atoms with E-state index in [1.165, 1.54) is 12.1 Å². The van der Waals surface area contributed by atoms with Crippen LogP contribution in [0.4, 0.5) is 14.5 Å². The first-order valence-corrected chi connectivity index (χ1v) is 9.68. The molecule has 1 amide bonds. The van der Waals surface area contributed by atoms with Crippen LogP contribution in [0.15, 0.2) is 47.4 Å². The molecule has 144 valence electrons. The highest BCUT2D eigenvalue weighted by molar-refractivity contribution is 7.99. The van der Waals surface area contributed by atoms with E-state index in [2.05, 4.69) is 5.32 Å². The molecule has 0 saturated carbocycles. The summed E-state index contributed by atoms with van der Waals surface area (Å²) in [5.74, 6) is -2.42. The Morgan fingerprint density at radius 2 is 2.07 bits per heavy atom. The summed E-state index contributed by atoms with van der Waals surface area (Å²) in [6.07, 6.45) is 2.14. The fourth-order valence-corrected chi connectivity index (χ4v) is 3.59. The third kappa shape index (κ3) is 5.57. The van der Waals surface area contributed by atoms with Crippen molar-refractivity contribution in [2.24, 2.45) is 0 Å². The second-order valence-electron chi connectivity index (χ2n) is 5.92. The minimum atomic E-state index is -2.64. The first-order valence-electron chi connectivity index (χ1n) is 8.42. The van der Waals surface area contributed by atoms with Crippen LogP contribution in [0.2, 0.25) is 5.02 Å². The summed E-state index contributed by atoms with van der Waals surface area (Å²) in [6, 6.07) is 11.2. The zero-order chi connectivity index (χ0) is 19.2. The van der Waals surface area contributed by atoms with Crippen molar-refractivity contribution in [3.63, 3.8) is 0 Å². The van der Waals surface area contributed by atoms with Crippen LogP contribution in [0, 0.1) is 0 Å². The van der Waals surface area contributed by atoms with Gasteiger partial charge in [-0.25, -0.2) is 0 Å². The van der Waals surface area contributed by atoms with Crippen molar-refractivity contribution in [1.82, 2.24) is 0 Å². The minimum Gasteiger partial charge on any atom is -0.491 e. The van der Waals surface area contributed by atoms with Crippen LogP contribution in [-0.2, 0) is 4.74 Å². The first-order chi connectivity index (χ1) is 13.0. The Morgan fingerprint density at radius 1 is 1.30 bits per heavy atom. The summed E-state index contributed by atoms with van der Waals surface area (Å²) in [7, 11) is 0. The molecular formula is C19H18ClF2NO3S. The van der Waals surface area contributed by atoms with E-state index in [1.807, 2.05) is 0 Å². The van der Waals surface area contributed by atoms with Crippen LogP contribution in [0.5, 0.6) is 5.75 Å². The number of carbonyl (C=O) groups is 1. The number of carbonyl (C=O) groups excluding carboxylic acids is 1. The van der Waals surface area contributed by atoms with Gasteiger partial charge in [-0.2, -0.15) is 8.78 Å².